The number of ether oxygens (including phenoxy) is 2. The van der Waals surface area contributed by atoms with Crippen molar-refractivity contribution in [3.05, 3.63) is 48.0 Å². The minimum atomic E-state index is -0.107. The smallest absolute Gasteiger partial charge is 0.162 e. The standard InChI is InChI=1S/C14H18O2/c1-3-7-13-12-9-6-5-8-11(12)10-14(16-13)15-4-2/h3,5-6,8-9,13-14H,1,4,7,10H2,2H3/t13-,14?/m1/s1. The minimum absolute atomic E-state index is 0.0963. The Morgan fingerprint density at radius 1 is 1.50 bits per heavy atom. The van der Waals surface area contributed by atoms with Crippen molar-refractivity contribution < 1.29 is 9.47 Å². The van der Waals surface area contributed by atoms with Gasteiger partial charge in [0, 0.05) is 13.0 Å². The number of fused-ring (bicyclic) bond motifs is 1. The van der Waals surface area contributed by atoms with Gasteiger partial charge in [-0.1, -0.05) is 30.3 Å². The van der Waals surface area contributed by atoms with E-state index in [-0.39, 0.29) is 12.4 Å². The first-order chi connectivity index (χ1) is 7.85. The first kappa shape index (κ1) is 11.4. The lowest BCUT2D eigenvalue weighted by Gasteiger charge is -2.31. The van der Waals surface area contributed by atoms with E-state index in [1.807, 2.05) is 13.0 Å². The van der Waals surface area contributed by atoms with Gasteiger partial charge in [-0.2, -0.15) is 0 Å². The third-order valence-electron chi connectivity index (χ3n) is 2.84. The summed E-state index contributed by atoms with van der Waals surface area (Å²) in [6.45, 7) is 6.46. The topological polar surface area (TPSA) is 18.5 Å². The lowest BCUT2D eigenvalue weighted by atomic mass is 9.95. The molecule has 1 aromatic carbocycles. The molecule has 1 unspecified atom stereocenters. The molecule has 1 aliphatic heterocycles. The summed E-state index contributed by atoms with van der Waals surface area (Å²) in [5, 5.41) is 0. The molecule has 0 radical (unpaired) electrons. The summed E-state index contributed by atoms with van der Waals surface area (Å²) in [4.78, 5) is 0. The third-order valence-corrected chi connectivity index (χ3v) is 2.84. The lowest BCUT2D eigenvalue weighted by Crippen LogP contribution is -2.28. The molecule has 0 aromatic heterocycles. The molecule has 0 saturated heterocycles. The Morgan fingerprint density at radius 3 is 3.06 bits per heavy atom. The normalized spacial score (nSPS) is 23.8. The molecule has 0 bridgehead atoms. The molecular formula is C14H18O2. The molecule has 1 heterocycles. The van der Waals surface area contributed by atoms with Crippen LogP contribution in [0.15, 0.2) is 36.9 Å². The molecule has 0 saturated carbocycles. The lowest BCUT2D eigenvalue weighted by molar-refractivity contribution is -0.176. The highest BCUT2D eigenvalue weighted by atomic mass is 16.7. The van der Waals surface area contributed by atoms with Crippen LogP contribution in [-0.4, -0.2) is 12.9 Å². The van der Waals surface area contributed by atoms with Crippen molar-refractivity contribution in [2.45, 2.75) is 32.2 Å². The molecule has 1 aromatic rings. The molecule has 0 fully saturated rings. The van der Waals surface area contributed by atoms with E-state index < -0.39 is 0 Å². The highest BCUT2D eigenvalue weighted by molar-refractivity contribution is 5.31. The highest BCUT2D eigenvalue weighted by Gasteiger charge is 2.26. The maximum Gasteiger partial charge on any atom is 0.162 e. The molecule has 0 spiro atoms. The van der Waals surface area contributed by atoms with Crippen molar-refractivity contribution >= 4 is 0 Å². The first-order valence-electron chi connectivity index (χ1n) is 5.81. The molecule has 86 valence electrons. The largest absolute Gasteiger partial charge is 0.353 e. The van der Waals surface area contributed by atoms with E-state index in [1.54, 1.807) is 0 Å². The van der Waals surface area contributed by atoms with Gasteiger partial charge in [-0.05, 0) is 24.5 Å². The van der Waals surface area contributed by atoms with Gasteiger partial charge in [0.1, 0.15) is 0 Å². The Kier molecular flexibility index (Phi) is 3.75. The third kappa shape index (κ3) is 2.34. The second-order valence-corrected chi connectivity index (χ2v) is 3.94. The van der Waals surface area contributed by atoms with Crippen molar-refractivity contribution in [3.63, 3.8) is 0 Å². The van der Waals surface area contributed by atoms with Crippen molar-refractivity contribution in [1.29, 1.82) is 0 Å². The first-order valence-corrected chi connectivity index (χ1v) is 5.81. The van der Waals surface area contributed by atoms with E-state index in [0.717, 1.165) is 12.8 Å². The van der Waals surface area contributed by atoms with Gasteiger partial charge in [-0.3, -0.25) is 0 Å². The monoisotopic (exact) mass is 218 g/mol. The van der Waals surface area contributed by atoms with E-state index in [4.69, 9.17) is 9.47 Å². The Labute approximate surface area is 96.9 Å². The van der Waals surface area contributed by atoms with Gasteiger partial charge in [-0.25, -0.2) is 0 Å². The fourth-order valence-electron chi connectivity index (χ4n) is 2.14. The van der Waals surface area contributed by atoms with Gasteiger partial charge < -0.3 is 9.47 Å². The SMILES string of the molecule is C=CC[C@H]1OC(OCC)Cc2ccccc21. The average Bonchev–Trinajstić information content (AvgIpc) is 2.30. The molecule has 2 heteroatoms. The van der Waals surface area contributed by atoms with Crippen LogP contribution < -0.4 is 0 Å². The Morgan fingerprint density at radius 2 is 2.31 bits per heavy atom. The fourth-order valence-corrected chi connectivity index (χ4v) is 2.14. The molecule has 1 aliphatic rings. The van der Waals surface area contributed by atoms with Crippen molar-refractivity contribution in [2.24, 2.45) is 0 Å². The number of rotatable bonds is 4. The molecule has 2 atom stereocenters. The summed E-state index contributed by atoms with van der Waals surface area (Å²) in [7, 11) is 0. The van der Waals surface area contributed by atoms with E-state index >= 15 is 0 Å². The van der Waals surface area contributed by atoms with Crippen LogP contribution in [0.2, 0.25) is 0 Å². The van der Waals surface area contributed by atoms with E-state index in [9.17, 15) is 0 Å². The van der Waals surface area contributed by atoms with Crippen molar-refractivity contribution in [3.8, 4) is 0 Å². The summed E-state index contributed by atoms with van der Waals surface area (Å²) >= 11 is 0. The molecule has 0 N–H and O–H groups in total. The van der Waals surface area contributed by atoms with Crippen LogP contribution in [-0.2, 0) is 15.9 Å². The fraction of sp³-hybridized carbons (Fsp3) is 0.429. The molecule has 0 amide bonds. The van der Waals surface area contributed by atoms with E-state index in [2.05, 4.69) is 30.8 Å². The predicted molar refractivity (Wildman–Crippen MR) is 64.2 cm³/mol. The number of hydrogen-bond acceptors (Lipinski definition) is 2. The quantitative estimate of drug-likeness (QED) is 0.722. The van der Waals surface area contributed by atoms with Crippen LogP contribution in [0.5, 0.6) is 0 Å². The Hall–Kier alpha value is -1.12. The summed E-state index contributed by atoms with van der Waals surface area (Å²) in [5.41, 5.74) is 2.61. The molecular weight excluding hydrogens is 200 g/mol. The van der Waals surface area contributed by atoms with Crippen LogP contribution in [0, 0.1) is 0 Å². The van der Waals surface area contributed by atoms with Gasteiger partial charge in [0.2, 0.25) is 0 Å². The van der Waals surface area contributed by atoms with Gasteiger partial charge in [0.05, 0.1) is 6.10 Å². The maximum atomic E-state index is 5.90. The number of benzene rings is 1. The zero-order valence-corrected chi connectivity index (χ0v) is 9.69. The summed E-state index contributed by atoms with van der Waals surface area (Å²) in [6, 6.07) is 8.41. The summed E-state index contributed by atoms with van der Waals surface area (Å²) in [5.74, 6) is 0. The summed E-state index contributed by atoms with van der Waals surface area (Å²) in [6.07, 6.45) is 3.57. The minimum Gasteiger partial charge on any atom is -0.353 e. The van der Waals surface area contributed by atoms with Gasteiger partial charge in [0.25, 0.3) is 0 Å². The second kappa shape index (κ2) is 5.28. The number of hydrogen-bond donors (Lipinski definition) is 0. The molecule has 0 aliphatic carbocycles. The van der Waals surface area contributed by atoms with Crippen LogP contribution in [0.3, 0.4) is 0 Å². The Bertz CT molecular complexity index is 360. The highest BCUT2D eigenvalue weighted by Crippen LogP contribution is 2.32. The van der Waals surface area contributed by atoms with Crippen LogP contribution in [0.1, 0.15) is 30.6 Å². The van der Waals surface area contributed by atoms with Crippen LogP contribution in [0.25, 0.3) is 0 Å². The molecule has 2 nitrogen and oxygen atoms in total. The zero-order valence-electron chi connectivity index (χ0n) is 9.69. The van der Waals surface area contributed by atoms with E-state index in [0.29, 0.717) is 6.61 Å². The Balaban J connectivity index is 2.22. The molecule has 2 rings (SSSR count). The van der Waals surface area contributed by atoms with Crippen LogP contribution >= 0.6 is 0 Å². The predicted octanol–water partition coefficient (Wildman–Crippen LogP) is 3.24. The zero-order chi connectivity index (χ0) is 11.4. The van der Waals surface area contributed by atoms with Gasteiger partial charge in [-0.15, -0.1) is 6.58 Å². The van der Waals surface area contributed by atoms with Gasteiger partial charge in [0.15, 0.2) is 6.29 Å². The molecule has 16 heavy (non-hydrogen) atoms. The van der Waals surface area contributed by atoms with Crippen molar-refractivity contribution in [2.75, 3.05) is 6.61 Å². The van der Waals surface area contributed by atoms with Crippen LogP contribution in [0.4, 0.5) is 0 Å². The summed E-state index contributed by atoms with van der Waals surface area (Å²) < 4.78 is 11.5. The van der Waals surface area contributed by atoms with Crippen molar-refractivity contribution in [1.82, 2.24) is 0 Å². The van der Waals surface area contributed by atoms with E-state index in [1.165, 1.54) is 11.1 Å². The maximum absolute atomic E-state index is 5.90. The van der Waals surface area contributed by atoms with Gasteiger partial charge >= 0.3 is 0 Å². The second-order valence-electron chi connectivity index (χ2n) is 3.94. The average molecular weight is 218 g/mol.